The van der Waals surface area contributed by atoms with Crippen LogP contribution in [0.4, 0.5) is 4.79 Å². The van der Waals surface area contributed by atoms with Gasteiger partial charge in [-0.3, -0.25) is 10.00 Å². The van der Waals surface area contributed by atoms with Crippen LogP contribution in [-0.2, 0) is 6.42 Å². The van der Waals surface area contributed by atoms with Gasteiger partial charge < -0.3 is 15.3 Å². The molecule has 0 aromatic carbocycles. The second-order valence-electron chi connectivity index (χ2n) is 6.64. The highest BCUT2D eigenvalue weighted by Crippen LogP contribution is 2.31. The monoisotopic (exact) mass is 321 g/mol. The number of aliphatic hydroxyl groups is 1. The summed E-state index contributed by atoms with van der Waals surface area (Å²) in [5.74, 6) is 0.839. The Hall–Kier alpha value is -1.60. The summed E-state index contributed by atoms with van der Waals surface area (Å²) in [5, 5.41) is 19.0. The Labute approximate surface area is 137 Å². The molecule has 3 rings (SSSR count). The number of hydrogen-bond acceptors (Lipinski definition) is 4. The lowest BCUT2D eigenvalue weighted by molar-refractivity contribution is 0.0704. The predicted molar refractivity (Wildman–Crippen MR) is 87.1 cm³/mol. The molecular weight excluding hydrogens is 294 g/mol. The number of aromatic amines is 1. The van der Waals surface area contributed by atoms with Crippen molar-refractivity contribution in [3.8, 4) is 0 Å². The van der Waals surface area contributed by atoms with Crippen LogP contribution in [0.25, 0.3) is 0 Å². The summed E-state index contributed by atoms with van der Waals surface area (Å²) in [6.45, 7) is 4.32. The van der Waals surface area contributed by atoms with Crippen molar-refractivity contribution in [2.75, 3.05) is 39.3 Å². The van der Waals surface area contributed by atoms with E-state index in [-0.39, 0.29) is 18.7 Å². The number of H-pyrrole nitrogens is 1. The van der Waals surface area contributed by atoms with E-state index >= 15 is 0 Å². The Morgan fingerprint density at radius 2 is 2.30 bits per heavy atom. The number of rotatable bonds is 7. The minimum absolute atomic E-state index is 0.00232. The van der Waals surface area contributed by atoms with E-state index in [1.807, 2.05) is 11.1 Å². The van der Waals surface area contributed by atoms with Gasteiger partial charge in [0, 0.05) is 51.6 Å². The molecule has 0 bridgehead atoms. The maximum atomic E-state index is 12.3. The van der Waals surface area contributed by atoms with Crippen LogP contribution in [-0.4, -0.2) is 76.5 Å². The number of aliphatic hydroxyl groups excluding tert-OH is 1. The first-order chi connectivity index (χ1) is 11.3. The fraction of sp³-hybridized carbons (Fsp3) is 0.750. The van der Waals surface area contributed by atoms with Gasteiger partial charge in [0.2, 0.25) is 0 Å². The summed E-state index contributed by atoms with van der Waals surface area (Å²) in [5.41, 5.74) is 1.10. The van der Waals surface area contributed by atoms with Crippen molar-refractivity contribution >= 4 is 6.03 Å². The van der Waals surface area contributed by atoms with Gasteiger partial charge in [0.05, 0.1) is 6.20 Å². The molecule has 1 aromatic heterocycles. The third-order valence-electron chi connectivity index (χ3n) is 4.79. The predicted octanol–water partition coefficient (Wildman–Crippen LogP) is 0.440. The van der Waals surface area contributed by atoms with Crippen LogP contribution in [0, 0.1) is 5.92 Å². The minimum atomic E-state index is 0.00232. The van der Waals surface area contributed by atoms with Crippen molar-refractivity contribution in [1.82, 2.24) is 25.3 Å². The molecule has 2 aliphatic rings. The van der Waals surface area contributed by atoms with Gasteiger partial charge in [0.25, 0.3) is 0 Å². The molecule has 0 spiro atoms. The van der Waals surface area contributed by atoms with Crippen molar-refractivity contribution in [3.05, 3.63) is 18.0 Å². The van der Waals surface area contributed by atoms with Crippen LogP contribution in [0.2, 0.25) is 0 Å². The molecule has 0 unspecified atom stereocenters. The Morgan fingerprint density at radius 1 is 1.43 bits per heavy atom. The van der Waals surface area contributed by atoms with Crippen LogP contribution in [0.15, 0.2) is 12.4 Å². The number of carbonyl (C=O) groups excluding carboxylic acids is 1. The summed E-state index contributed by atoms with van der Waals surface area (Å²) in [4.78, 5) is 16.7. The highest BCUT2D eigenvalue weighted by Gasteiger charge is 2.33. The van der Waals surface area contributed by atoms with E-state index in [0.29, 0.717) is 13.1 Å². The van der Waals surface area contributed by atoms with Crippen molar-refractivity contribution in [1.29, 1.82) is 0 Å². The zero-order valence-electron chi connectivity index (χ0n) is 13.6. The first-order valence-corrected chi connectivity index (χ1v) is 8.61. The average Bonchev–Trinajstić information content (AvgIpc) is 3.21. The van der Waals surface area contributed by atoms with Gasteiger partial charge in [-0.2, -0.15) is 5.10 Å². The largest absolute Gasteiger partial charge is 0.396 e. The first-order valence-electron chi connectivity index (χ1n) is 8.61. The third-order valence-corrected chi connectivity index (χ3v) is 4.79. The number of urea groups is 1. The molecule has 3 N–H and O–H groups in total. The van der Waals surface area contributed by atoms with Crippen molar-refractivity contribution in [2.45, 2.75) is 31.7 Å². The molecule has 7 heteroatoms. The van der Waals surface area contributed by atoms with Gasteiger partial charge in [0.15, 0.2) is 0 Å². The van der Waals surface area contributed by atoms with E-state index in [0.717, 1.165) is 44.0 Å². The highest BCUT2D eigenvalue weighted by molar-refractivity contribution is 5.74. The normalized spacial score (nSPS) is 22.3. The lowest BCUT2D eigenvalue weighted by atomic mass is 10.1. The van der Waals surface area contributed by atoms with E-state index in [9.17, 15) is 9.90 Å². The third kappa shape index (κ3) is 4.68. The van der Waals surface area contributed by atoms with E-state index < -0.39 is 0 Å². The standard InChI is InChI=1S/C16H27N5O2/c22-8-4-15-12-21(7-6-20(15)11-13-1-2-13)16(23)17-5-3-14-9-18-19-10-14/h9-10,13,15,22H,1-8,11-12H2,(H,17,23)(H,18,19)/t15-/m0/s1. The van der Waals surface area contributed by atoms with E-state index in [2.05, 4.69) is 20.4 Å². The molecule has 128 valence electrons. The zero-order chi connectivity index (χ0) is 16.1. The number of carbonyl (C=O) groups is 1. The summed E-state index contributed by atoms with van der Waals surface area (Å²) in [6.07, 6.45) is 7.82. The average molecular weight is 321 g/mol. The number of piperazine rings is 1. The van der Waals surface area contributed by atoms with E-state index in [4.69, 9.17) is 0 Å². The molecule has 23 heavy (non-hydrogen) atoms. The molecule has 2 heterocycles. The lowest BCUT2D eigenvalue weighted by Gasteiger charge is -2.41. The fourth-order valence-corrected chi connectivity index (χ4v) is 3.21. The van der Waals surface area contributed by atoms with E-state index in [1.54, 1.807) is 6.20 Å². The van der Waals surface area contributed by atoms with Gasteiger partial charge in [-0.05, 0) is 37.2 Å². The van der Waals surface area contributed by atoms with Crippen LogP contribution < -0.4 is 5.32 Å². The van der Waals surface area contributed by atoms with Crippen molar-refractivity contribution in [2.24, 2.45) is 5.92 Å². The highest BCUT2D eigenvalue weighted by atomic mass is 16.3. The second-order valence-corrected chi connectivity index (χ2v) is 6.64. The number of amides is 2. The number of hydrogen-bond donors (Lipinski definition) is 3. The van der Waals surface area contributed by atoms with Crippen LogP contribution >= 0.6 is 0 Å². The Morgan fingerprint density at radius 3 is 3.00 bits per heavy atom. The van der Waals surface area contributed by atoms with Gasteiger partial charge in [-0.1, -0.05) is 0 Å². The topological polar surface area (TPSA) is 84.5 Å². The number of aromatic nitrogens is 2. The second kappa shape index (κ2) is 7.79. The van der Waals surface area contributed by atoms with Crippen molar-refractivity contribution in [3.63, 3.8) is 0 Å². The molecule has 2 fully saturated rings. The van der Waals surface area contributed by atoms with Gasteiger partial charge in [0.1, 0.15) is 0 Å². The van der Waals surface area contributed by atoms with Crippen LogP contribution in [0.3, 0.4) is 0 Å². The fourth-order valence-electron chi connectivity index (χ4n) is 3.21. The molecule has 1 aliphatic carbocycles. The SMILES string of the molecule is O=C(NCCc1cn[nH]c1)N1CCN(CC2CC2)[C@@H](CCO)C1. The Bertz CT molecular complexity index is 489. The molecule has 0 radical (unpaired) electrons. The molecule has 7 nitrogen and oxygen atoms in total. The summed E-state index contributed by atoms with van der Waals surface area (Å²) >= 11 is 0. The van der Waals surface area contributed by atoms with Crippen molar-refractivity contribution < 1.29 is 9.90 Å². The summed E-state index contributed by atoms with van der Waals surface area (Å²) in [6, 6.07) is 0.288. The molecule has 1 aliphatic heterocycles. The summed E-state index contributed by atoms with van der Waals surface area (Å²) < 4.78 is 0. The minimum Gasteiger partial charge on any atom is -0.396 e. The van der Waals surface area contributed by atoms with Crippen LogP contribution in [0.5, 0.6) is 0 Å². The maximum absolute atomic E-state index is 12.3. The number of nitrogens with one attached hydrogen (secondary N) is 2. The van der Waals surface area contributed by atoms with Gasteiger partial charge in [-0.25, -0.2) is 4.79 Å². The number of nitrogens with zero attached hydrogens (tertiary/aromatic N) is 3. The molecule has 1 aromatic rings. The molecule has 2 amide bonds. The summed E-state index contributed by atoms with van der Waals surface area (Å²) in [7, 11) is 0. The smallest absolute Gasteiger partial charge is 0.317 e. The zero-order valence-corrected chi connectivity index (χ0v) is 13.6. The molecule has 1 atom stereocenters. The van der Waals surface area contributed by atoms with Crippen LogP contribution in [0.1, 0.15) is 24.8 Å². The van der Waals surface area contributed by atoms with E-state index in [1.165, 1.54) is 12.8 Å². The first kappa shape index (κ1) is 16.3. The molecule has 1 saturated carbocycles. The Balaban J connectivity index is 1.44. The maximum Gasteiger partial charge on any atom is 0.317 e. The Kier molecular flexibility index (Phi) is 5.51. The van der Waals surface area contributed by atoms with Gasteiger partial charge in [-0.15, -0.1) is 0 Å². The lowest BCUT2D eigenvalue weighted by Crippen LogP contribution is -2.57. The molecule has 1 saturated heterocycles. The molecular formula is C16H27N5O2. The van der Waals surface area contributed by atoms with Gasteiger partial charge >= 0.3 is 6.03 Å². The quantitative estimate of drug-likeness (QED) is 0.680.